The minimum Gasteiger partial charge on any atom is -0.353 e. The summed E-state index contributed by atoms with van der Waals surface area (Å²) in [6.07, 6.45) is 11.0. The van der Waals surface area contributed by atoms with Crippen molar-refractivity contribution in [3.05, 3.63) is 42.5 Å². The first-order valence-electron chi connectivity index (χ1n) is 8.78. The molecule has 24 heavy (non-hydrogen) atoms. The van der Waals surface area contributed by atoms with Crippen molar-refractivity contribution in [1.29, 1.82) is 0 Å². The summed E-state index contributed by atoms with van der Waals surface area (Å²) in [6.45, 7) is 0.708. The Morgan fingerprint density at radius 3 is 2.67 bits per heavy atom. The molecule has 128 valence electrons. The molecule has 0 spiro atoms. The highest BCUT2D eigenvalue weighted by Crippen LogP contribution is 2.19. The molecular weight excluding hydrogens is 305 g/mol. The van der Waals surface area contributed by atoms with Crippen molar-refractivity contribution in [2.45, 2.75) is 57.5 Å². The topological polar surface area (TPSA) is 46.9 Å². The molecule has 5 heteroatoms. The van der Waals surface area contributed by atoms with E-state index < -0.39 is 0 Å². The third-order valence-corrected chi connectivity index (χ3v) is 4.57. The molecule has 1 heterocycles. The van der Waals surface area contributed by atoms with Gasteiger partial charge >= 0.3 is 0 Å². The first-order chi connectivity index (χ1) is 11.7. The Bertz CT molecular complexity index is 660. The van der Waals surface area contributed by atoms with Crippen LogP contribution in [0.3, 0.4) is 0 Å². The standard InChI is InChI=1S/C19H24FN3O/c20-17-10-8-15(9-11-17)16-13-21-23(14-16)12-4-7-19(24)22-18-5-2-1-3-6-18/h8-11,13-14,18H,1-7,12H2,(H,22,24). The van der Waals surface area contributed by atoms with Gasteiger partial charge in [0.15, 0.2) is 0 Å². The third-order valence-electron chi connectivity index (χ3n) is 4.57. The molecule has 4 nitrogen and oxygen atoms in total. The number of hydrogen-bond donors (Lipinski definition) is 1. The highest BCUT2D eigenvalue weighted by atomic mass is 19.1. The van der Waals surface area contributed by atoms with E-state index in [1.807, 2.05) is 10.9 Å². The van der Waals surface area contributed by atoms with Gasteiger partial charge in [0, 0.05) is 30.8 Å². The summed E-state index contributed by atoms with van der Waals surface area (Å²) in [6, 6.07) is 6.76. The van der Waals surface area contributed by atoms with E-state index in [-0.39, 0.29) is 11.7 Å². The maximum Gasteiger partial charge on any atom is 0.220 e. The molecule has 1 N–H and O–H groups in total. The molecule has 1 saturated carbocycles. The lowest BCUT2D eigenvalue weighted by atomic mass is 9.95. The zero-order valence-electron chi connectivity index (χ0n) is 13.9. The Kier molecular flexibility index (Phi) is 5.62. The first-order valence-corrected chi connectivity index (χ1v) is 8.78. The van der Waals surface area contributed by atoms with Crippen LogP contribution in [0.2, 0.25) is 0 Å². The lowest BCUT2D eigenvalue weighted by Crippen LogP contribution is -2.36. The maximum absolute atomic E-state index is 13.0. The average molecular weight is 329 g/mol. The summed E-state index contributed by atoms with van der Waals surface area (Å²) >= 11 is 0. The van der Waals surface area contributed by atoms with Gasteiger partial charge in [-0.05, 0) is 37.0 Å². The summed E-state index contributed by atoms with van der Waals surface area (Å²) < 4.78 is 14.8. The van der Waals surface area contributed by atoms with Gasteiger partial charge in [-0.2, -0.15) is 5.10 Å². The molecule has 0 unspecified atom stereocenters. The number of benzene rings is 1. The van der Waals surface area contributed by atoms with Crippen LogP contribution in [0.1, 0.15) is 44.9 Å². The highest BCUT2D eigenvalue weighted by Gasteiger charge is 2.15. The van der Waals surface area contributed by atoms with Gasteiger partial charge in [0.2, 0.25) is 5.91 Å². The van der Waals surface area contributed by atoms with E-state index in [0.717, 1.165) is 30.4 Å². The molecule has 2 aromatic rings. The van der Waals surface area contributed by atoms with Gasteiger partial charge in [0.1, 0.15) is 5.82 Å². The van der Waals surface area contributed by atoms with E-state index in [0.29, 0.717) is 19.0 Å². The quantitative estimate of drug-likeness (QED) is 0.873. The van der Waals surface area contributed by atoms with Crippen molar-refractivity contribution in [3.63, 3.8) is 0 Å². The number of carbonyl (C=O) groups excluding carboxylic acids is 1. The van der Waals surface area contributed by atoms with Crippen LogP contribution in [-0.2, 0) is 11.3 Å². The van der Waals surface area contributed by atoms with Gasteiger partial charge in [-0.1, -0.05) is 31.4 Å². The fourth-order valence-electron chi connectivity index (χ4n) is 3.23. The first kappa shape index (κ1) is 16.7. The second-order valence-electron chi connectivity index (χ2n) is 6.50. The van der Waals surface area contributed by atoms with E-state index in [4.69, 9.17) is 0 Å². The van der Waals surface area contributed by atoms with E-state index >= 15 is 0 Å². The molecule has 1 aromatic heterocycles. The van der Waals surface area contributed by atoms with Gasteiger partial charge in [-0.15, -0.1) is 0 Å². The molecule has 0 saturated heterocycles. The highest BCUT2D eigenvalue weighted by molar-refractivity contribution is 5.76. The zero-order chi connectivity index (χ0) is 16.8. The summed E-state index contributed by atoms with van der Waals surface area (Å²) in [5.74, 6) is -0.0945. The number of rotatable bonds is 6. The normalized spacial score (nSPS) is 15.4. The van der Waals surface area contributed by atoms with Crippen LogP contribution < -0.4 is 5.32 Å². The van der Waals surface area contributed by atoms with Crippen LogP contribution in [0.4, 0.5) is 4.39 Å². The SMILES string of the molecule is O=C(CCCn1cc(-c2ccc(F)cc2)cn1)NC1CCCCC1. The second-order valence-corrected chi connectivity index (χ2v) is 6.50. The smallest absolute Gasteiger partial charge is 0.220 e. The fraction of sp³-hybridized carbons (Fsp3) is 0.474. The number of aromatic nitrogens is 2. The van der Waals surface area contributed by atoms with Crippen molar-refractivity contribution in [2.75, 3.05) is 0 Å². The minimum absolute atomic E-state index is 0.146. The summed E-state index contributed by atoms with van der Waals surface area (Å²) in [5.41, 5.74) is 1.90. The molecule has 1 aromatic carbocycles. The summed E-state index contributed by atoms with van der Waals surface area (Å²) in [7, 11) is 0. The van der Waals surface area contributed by atoms with Crippen LogP contribution in [0.5, 0.6) is 0 Å². The summed E-state index contributed by atoms with van der Waals surface area (Å²) in [5, 5.41) is 7.46. The van der Waals surface area contributed by atoms with Crippen LogP contribution in [0, 0.1) is 5.82 Å². The Morgan fingerprint density at radius 2 is 1.92 bits per heavy atom. The monoisotopic (exact) mass is 329 g/mol. The molecular formula is C19H24FN3O. The molecule has 0 aliphatic heterocycles. The molecule has 1 aliphatic carbocycles. The molecule has 0 atom stereocenters. The molecule has 1 fully saturated rings. The van der Waals surface area contributed by atoms with Crippen molar-refractivity contribution in [3.8, 4) is 11.1 Å². The van der Waals surface area contributed by atoms with Gasteiger partial charge in [0.25, 0.3) is 0 Å². The van der Waals surface area contributed by atoms with Crippen LogP contribution in [0.25, 0.3) is 11.1 Å². The molecule has 1 aliphatic rings. The summed E-state index contributed by atoms with van der Waals surface area (Å²) in [4.78, 5) is 12.0. The van der Waals surface area contributed by atoms with Gasteiger partial charge in [-0.25, -0.2) is 4.39 Å². The van der Waals surface area contributed by atoms with Gasteiger partial charge in [0.05, 0.1) is 6.20 Å². The van der Waals surface area contributed by atoms with E-state index in [2.05, 4.69) is 10.4 Å². The van der Waals surface area contributed by atoms with E-state index in [1.165, 1.54) is 31.4 Å². The minimum atomic E-state index is -0.241. The Morgan fingerprint density at radius 1 is 1.17 bits per heavy atom. The maximum atomic E-state index is 13.0. The number of nitrogens with one attached hydrogen (secondary N) is 1. The molecule has 0 radical (unpaired) electrons. The Labute approximate surface area is 142 Å². The van der Waals surface area contributed by atoms with Crippen molar-refractivity contribution in [2.24, 2.45) is 0 Å². The molecule has 0 bridgehead atoms. The average Bonchev–Trinajstić information content (AvgIpc) is 3.05. The number of aryl methyl sites for hydroxylation is 1. The predicted molar refractivity (Wildman–Crippen MR) is 91.9 cm³/mol. The number of halogens is 1. The Hall–Kier alpha value is -2.17. The lowest BCUT2D eigenvalue weighted by Gasteiger charge is -2.22. The number of carbonyl (C=O) groups is 1. The number of nitrogens with zero attached hydrogens (tertiary/aromatic N) is 2. The van der Waals surface area contributed by atoms with Crippen molar-refractivity contribution in [1.82, 2.24) is 15.1 Å². The van der Waals surface area contributed by atoms with Crippen LogP contribution >= 0.6 is 0 Å². The van der Waals surface area contributed by atoms with Crippen LogP contribution in [0.15, 0.2) is 36.7 Å². The second kappa shape index (κ2) is 8.08. The predicted octanol–water partition coefficient (Wildman–Crippen LogP) is 3.92. The van der Waals surface area contributed by atoms with E-state index in [9.17, 15) is 9.18 Å². The zero-order valence-corrected chi connectivity index (χ0v) is 13.9. The molecule has 1 amide bonds. The fourth-order valence-corrected chi connectivity index (χ4v) is 3.23. The number of hydrogen-bond acceptors (Lipinski definition) is 2. The van der Waals surface area contributed by atoms with E-state index in [1.54, 1.807) is 18.3 Å². The third kappa shape index (κ3) is 4.66. The Balaban J connectivity index is 1.43. The lowest BCUT2D eigenvalue weighted by molar-refractivity contribution is -0.122. The van der Waals surface area contributed by atoms with Crippen LogP contribution in [-0.4, -0.2) is 21.7 Å². The van der Waals surface area contributed by atoms with Gasteiger partial charge in [-0.3, -0.25) is 9.48 Å². The number of amides is 1. The largest absolute Gasteiger partial charge is 0.353 e. The van der Waals surface area contributed by atoms with Crippen molar-refractivity contribution >= 4 is 5.91 Å². The van der Waals surface area contributed by atoms with Crippen molar-refractivity contribution < 1.29 is 9.18 Å². The van der Waals surface area contributed by atoms with Gasteiger partial charge < -0.3 is 5.32 Å². The molecule has 3 rings (SSSR count).